The first-order valence-corrected chi connectivity index (χ1v) is 5.64. The van der Waals surface area contributed by atoms with Crippen LogP contribution in [-0.4, -0.2) is 18.3 Å². The van der Waals surface area contributed by atoms with E-state index >= 15 is 0 Å². The standard InChI is InChI=1S/C12H14ClNO/c13-12(15)10-6-8-14(9-7-10)11-4-2-1-3-5-11/h1-5,10H,6-9H2. The summed E-state index contributed by atoms with van der Waals surface area (Å²) in [6.07, 6.45) is 1.74. The Labute approximate surface area is 94.8 Å². The van der Waals surface area contributed by atoms with Crippen LogP contribution in [0.1, 0.15) is 12.8 Å². The molecule has 1 saturated heterocycles. The molecule has 0 spiro atoms. The van der Waals surface area contributed by atoms with Gasteiger partial charge < -0.3 is 4.90 Å². The lowest BCUT2D eigenvalue weighted by atomic mass is 9.98. The molecule has 15 heavy (non-hydrogen) atoms. The molecule has 80 valence electrons. The minimum absolute atomic E-state index is 0.0617. The van der Waals surface area contributed by atoms with Crippen molar-refractivity contribution in [3.05, 3.63) is 30.3 Å². The average molecular weight is 224 g/mol. The molecule has 3 heteroatoms. The normalized spacial score (nSPS) is 17.8. The molecule has 1 aromatic rings. The van der Waals surface area contributed by atoms with Gasteiger partial charge in [0.05, 0.1) is 0 Å². The molecule has 0 atom stereocenters. The molecule has 0 aliphatic carbocycles. The van der Waals surface area contributed by atoms with Crippen LogP contribution in [0.2, 0.25) is 0 Å². The summed E-state index contributed by atoms with van der Waals surface area (Å²) in [5.41, 5.74) is 1.23. The largest absolute Gasteiger partial charge is 0.371 e. The second kappa shape index (κ2) is 4.67. The number of benzene rings is 1. The number of hydrogen-bond acceptors (Lipinski definition) is 2. The van der Waals surface area contributed by atoms with E-state index in [4.69, 9.17) is 11.6 Å². The highest BCUT2D eigenvalue weighted by Crippen LogP contribution is 2.24. The predicted molar refractivity (Wildman–Crippen MR) is 62.2 cm³/mol. The van der Waals surface area contributed by atoms with Crippen molar-refractivity contribution in [3.63, 3.8) is 0 Å². The Morgan fingerprint density at radius 3 is 2.33 bits per heavy atom. The van der Waals surface area contributed by atoms with Crippen molar-refractivity contribution < 1.29 is 4.79 Å². The summed E-state index contributed by atoms with van der Waals surface area (Å²) in [6, 6.07) is 10.3. The third-order valence-electron chi connectivity index (χ3n) is 2.94. The van der Waals surface area contributed by atoms with Gasteiger partial charge in [0.15, 0.2) is 0 Å². The van der Waals surface area contributed by atoms with Crippen molar-refractivity contribution in [2.45, 2.75) is 12.8 Å². The molecule has 0 bridgehead atoms. The van der Waals surface area contributed by atoms with Gasteiger partial charge in [-0.2, -0.15) is 0 Å². The van der Waals surface area contributed by atoms with Crippen LogP contribution in [-0.2, 0) is 4.79 Å². The van der Waals surface area contributed by atoms with Crippen LogP contribution in [0.4, 0.5) is 5.69 Å². The third-order valence-corrected chi connectivity index (χ3v) is 3.25. The number of carbonyl (C=O) groups is 1. The molecule has 2 nitrogen and oxygen atoms in total. The number of anilines is 1. The maximum absolute atomic E-state index is 11.0. The van der Waals surface area contributed by atoms with E-state index in [1.54, 1.807) is 0 Å². The highest BCUT2D eigenvalue weighted by Gasteiger charge is 2.23. The van der Waals surface area contributed by atoms with E-state index in [1.165, 1.54) is 5.69 Å². The van der Waals surface area contributed by atoms with Gasteiger partial charge in [-0.3, -0.25) is 4.79 Å². The molecule has 1 aliphatic heterocycles. The van der Waals surface area contributed by atoms with Gasteiger partial charge in [-0.1, -0.05) is 18.2 Å². The number of rotatable bonds is 2. The maximum Gasteiger partial charge on any atom is 0.224 e. The zero-order valence-corrected chi connectivity index (χ0v) is 9.28. The summed E-state index contributed by atoms with van der Waals surface area (Å²) in [5, 5.41) is -0.178. The van der Waals surface area contributed by atoms with Gasteiger partial charge in [0.1, 0.15) is 0 Å². The van der Waals surface area contributed by atoms with Crippen molar-refractivity contribution in [2.24, 2.45) is 5.92 Å². The Hall–Kier alpha value is -1.02. The Kier molecular flexibility index (Phi) is 3.27. The van der Waals surface area contributed by atoms with Gasteiger partial charge in [-0.25, -0.2) is 0 Å². The zero-order chi connectivity index (χ0) is 10.7. The summed E-state index contributed by atoms with van der Waals surface area (Å²) >= 11 is 5.49. The summed E-state index contributed by atoms with van der Waals surface area (Å²) < 4.78 is 0. The van der Waals surface area contributed by atoms with E-state index in [2.05, 4.69) is 17.0 Å². The molecule has 0 saturated carbocycles. The number of piperidine rings is 1. The second-order valence-corrected chi connectivity index (χ2v) is 4.27. The molecule has 1 heterocycles. The fourth-order valence-corrected chi connectivity index (χ4v) is 2.22. The molecule has 0 aromatic heterocycles. The Morgan fingerprint density at radius 1 is 1.20 bits per heavy atom. The summed E-state index contributed by atoms with van der Waals surface area (Å²) in [7, 11) is 0. The molecule has 1 aromatic carbocycles. The van der Waals surface area contributed by atoms with Crippen molar-refractivity contribution >= 4 is 22.5 Å². The first kappa shape index (κ1) is 10.5. The maximum atomic E-state index is 11.0. The number of carbonyl (C=O) groups excluding carboxylic acids is 1. The Morgan fingerprint density at radius 2 is 1.80 bits per heavy atom. The van der Waals surface area contributed by atoms with E-state index < -0.39 is 0 Å². The lowest BCUT2D eigenvalue weighted by Gasteiger charge is -2.32. The first-order valence-electron chi connectivity index (χ1n) is 5.27. The number of nitrogens with zero attached hydrogens (tertiary/aromatic N) is 1. The van der Waals surface area contributed by atoms with Crippen molar-refractivity contribution in [1.82, 2.24) is 0 Å². The van der Waals surface area contributed by atoms with E-state index in [1.807, 2.05) is 18.2 Å². The van der Waals surface area contributed by atoms with Gasteiger partial charge in [0.25, 0.3) is 0 Å². The summed E-state index contributed by atoms with van der Waals surface area (Å²) in [5.74, 6) is 0.0617. The number of para-hydroxylation sites is 1. The monoisotopic (exact) mass is 223 g/mol. The molecule has 0 unspecified atom stereocenters. The highest BCUT2D eigenvalue weighted by atomic mass is 35.5. The smallest absolute Gasteiger partial charge is 0.224 e. The van der Waals surface area contributed by atoms with Crippen LogP contribution in [0.3, 0.4) is 0 Å². The quantitative estimate of drug-likeness (QED) is 0.719. The van der Waals surface area contributed by atoms with Crippen LogP contribution in [0.25, 0.3) is 0 Å². The molecule has 0 radical (unpaired) electrons. The lowest BCUT2D eigenvalue weighted by molar-refractivity contribution is -0.115. The van der Waals surface area contributed by atoms with Gasteiger partial charge in [0.2, 0.25) is 5.24 Å². The SMILES string of the molecule is O=C(Cl)C1CCN(c2ccccc2)CC1. The molecule has 2 rings (SSSR count). The zero-order valence-electron chi connectivity index (χ0n) is 8.53. The van der Waals surface area contributed by atoms with Gasteiger partial charge >= 0.3 is 0 Å². The number of hydrogen-bond donors (Lipinski definition) is 0. The summed E-state index contributed by atoms with van der Waals surface area (Å²) in [6.45, 7) is 1.85. The molecule has 0 N–H and O–H groups in total. The summed E-state index contributed by atoms with van der Waals surface area (Å²) in [4.78, 5) is 13.3. The van der Waals surface area contributed by atoms with Crippen molar-refractivity contribution in [3.8, 4) is 0 Å². The first-order chi connectivity index (χ1) is 7.27. The minimum Gasteiger partial charge on any atom is -0.371 e. The number of halogens is 1. The average Bonchev–Trinajstić information content (AvgIpc) is 2.30. The van der Waals surface area contributed by atoms with Crippen molar-refractivity contribution in [1.29, 1.82) is 0 Å². The Balaban J connectivity index is 1.97. The molecule has 1 aliphatic rings. The topological polar surface area (TPSA) is 20.3 Å². The fourth-order valence-electron chi connectivity index (χ4n) is 2.00. The molecule has 0 amide bonds. The van der Waals surface area contributed by atoms with Gasteiger partial charge in [-0.05, 0) is 36.6 Å². The van der Waals surface area contributed by atoms with Gasteiger partial charge in [0, 0.05) is 24.7 Å². The van der Waals surface area contributed by atoms with Crippen LogP contribution in [0, 0.1) is 5.92 Å². The van der Waals surface area contributed by atoms with Crippen molar-refractivity contribution in [2.75, 3.05) is 18.0 Å². The van der Waals surface area contributed by atoms with Crippen LogP contribution in [0.5, 0.6) is 0 Å². The van der Waals surface area contributed by atoms with E-state index in [0.717, 1.165) is 25.9 Å². The van der Waals surface area contributed by atoms with Crippen LogP contribution >= 0.6 is 11.6 Å². The fraction of sp³-hybridized carbons (Fsp3) is 0.417. The predicted octanol–water partition coefficient (Wildman–Crippen LogP) is 2.67. The van der Waals surface area contributed by atoms with Crippen LogP contribution < -0.4 is 4.90 Å². The molecular formula is C12H14ClNO. The lowest BCUT2D eigenvalue weighted by Crippen LogP contribution is -2.35. The third kappa shape index (κ3) is 2.51. The second-order valence-electron chi connectivity index (χ2n) is 3.90. The molecule has 1 fully saturated rings. The minimum atomic E-state index is -0.178. The van der Waals surface area contributed by atoms with E-state index in [-0.39, 0.29) is 11.2 Å². The Bertz CT molecular complexity index is 331. The van der Waals surface area contributed by atoms with E-state index in [0.29, 0.717) is 0 Å². The van der Waals surface area contributed by atoms with Gasteiger partial charge in [-0.15, -0.1) is 0 Å². The van der Waals surface area contributed by atoms with E-state index in [9.17, 15) is 4.79 Å². The molecular weight excluding hydrogens is 210 g/mol. The van der Waals surface area contributed by atoms with Crippen LogP contribution in [0.15, 0.2) is 30.3 Å². The highest BCUT2D eigenvalue weighted by molar-refractivity contribution is 6.64.